The third-order valence-corrected chi connectivity index (χ3v) is 4.99. The highest BCUT2D eigenvalue weighted by Gasteiger charge is 2.34. The first-order valence-corrected chi connectivity index (χ1v) is 8.65. The lowest BCUT2D eigenvalue weighted by Crippen LogP contribution is -2.30. The Morgan fingerprint density at radius 3 is 2.91 bits per heavy atom. The molecular weight excluding hydrogens is 403 g/mol. The van der Waals surface area contributed by atoms with Gasteiger partial charge in [0, 0.05) is 17.1 Å². The van der Waals surface area contributed by atoms with Gasteiger partial charge < -0.3 is 5.32 Å². The molecule has 0 aliphatic heterocycles. The maximum atomic E-state index is 12.7. The fourth-order valence-corrected chi connectivity index (χ4v) is 3.34. The van der Waals surface area contributed by atoms with Crippen LogP contribution in [0.15, 0.2) is 42.6 Å². The summed E-state index contributed by atoms with van der Waals surface area (Å²) in [6.45, 7) is 0. The summed E-state index contributed by atoms with van der Waals surface area (Å²) in [5.74, 6) is 0.429. The second-order valence-electron chi connectivity index (χ2n) is 5.82. The summed E-state index contributed by atoms with van der Waals surface area (Å²) in [5, 5.41) is 11.2. The number of nitrogens with one attached hydrogen (secondary N) is 2. The second kappa shape index (κ2) is 5.92. The van der Waals surface area contributed by atoms with Crippen LogP contribution in [0.2, 0.25) is 0 Å². The van der Waals surface area contributed by atoms with E-state index in [1.807, 2.05) is 36.4 Å². The van der Waals surface area contributed by atoms with Crippen LogP contribution in [-0.2, 0) is 0 Å². The lowest BCUT2D eigenvalue weighted by molar-refractivity contribution is 0.0931. The third-order valence-electron chi connectivity index (χ3n) is 4.16. The molecule has 4 rings (SSSR count). The molecular formula is C17H15IN4O. The number of hydrogen-bond donors (Lipinski definition) is 2. The molecule has 6 heteroatoms. The van der Waals surface area contributed by atoms with Gasteiger partial charge in [-0.2, -0.15) is 5.10 Å². The van der Waals surface area contributed by atoms with Gasteiger partial charge >= 0.3 is 0 Å². The largest absolute Gasteiger partial charge is 0.343 e. The van der Waals surface area contributed by atoms with Crippen molar-refractivity contribution in [3.8, 4) is 0 Å². The van der Waals surface area contributed by atoms with Crippen LogP contribution in [0.25, 0.3) is 10.9 Å². The Labute approximate surface area is 147 Å². The van der Waals surface area contributed by atoms with Crippen molar-refractivity contribution in [1.29, 1.82) is 0 Å². The number of amides is 1. The van der Waals surface area contributed by atoms with Gasteiger partial charge in [-0.25, -0.2) is 0 Å². The molecule has 1 aliphatic rings. The summed E-state index contributed by atoms with van der Waals surface area (Å²) in [6, 6.07) is 11.4. The predicted molar refractivity (Wildman–Crippen MR) is 96.0 cm³/mol. The van der Waals surface area contributed by atoms with Gasteiger partial charge in [0.1, 0.15) is 3.70 Å². The molecule has 1 aliphatic carbocycles. The molecule has 0 radical (unpaired) electrons. The van der Waals surface area contributed by atoms with Gasteiger partial charge in [-0.3, -0.25) is 14.9 Å². The van der Waals surface area contributed by atoms with E-state index in [9.17, 15) is 4.79 Å². The molecule has 3 aromatic rings. The molecule has 1 fully saturated rings. The summed E-state index contributed by atoms with van der Waals surface area (Å²) >= 11 is 2.16. The highest BCUT2D eigenvalue weighted by molar-refractivity contribution is 14.1. The molecule has 0 saturated heterocycles. The number of rotatable bonds is 4. The molecule has 1 saturated carbocycles. The first-order chi connectivity index (χ1) is 11.2. The van der Waals surface area contributed by atoms with E-state index in [4.69, 9.17) is 0 Å². The van der Waals surface area contributed by atoms with Gasteiger partial charge in [0.25, 0.3) is 5.91 Å². The van der Waals surface area contributed by atoms with Crippen LogP contribution in [0, 0.1) is 9.62 Å². The smallest absolute Gasteiger partial charge is 0.251 e. The van der Waals surface area contributed by atoms with E-state index in [-0.39, 0.29) is 11.9 Å². The quantitative estimate of drug-likeness (QED) is 0.638. The molecule has 2 aromatic heterocycles. The molecule has 0 spiro atoms. The Balaban J connectivity index is 1.61. The van der Waals surface area contributed by atoms with Gasteiger partial charge in [-0.05, 0) is 71.7 Å². The number of fused-ring (bicyclic) bond motifs is 1. The van der Waals surface area contributed by atoms with Gasteiger partial charge in [-0.1, -0.05) is 6.07 Å². The van der Waals surface area contributed by atoms with E-state index in [2.05, 4.69) is 43.1 Å². The van der Waals surface area contributed by atoms with Crippen LogP contribution in [0.4, 0.5) is 0 Å². The van der Waals surface area contributed by atoms with Crippen LogP contribution in [0.3, 0.4) is 0 Å². The Morgan fingerprint density at radius 1 is 1.30 bits per heavy atom. The SMILES string of the molecule is O=C(N[C@H](c1ccccn1)C1CC1)c1ccc2[nH]nc(I)c2c1. The number of hydrogen-bond acceptors (Lipinski definition) is 3. The lowest BCUT2D eigenvalue weighted by atomic mass is 10.1. The Morgan fingerprint density at radius 2 is 2.17 bits per heavy atom. The Kier molecular flexibility index (Phi) is 3.76. The molecule has 23 heavy (non-hydrogen) atoms. The minimum atomic E-state index is -0.0635. The minimum absolute atomic E-state index is 0.0113. The van der Waals surface area contributed by atoms with Crippen molar-refractivity contribution >= 4 is 39.4 Å². The number of aromatic nitrogens is 3. The van der Waals surface area contributed by atoms with E-state index in [0.29, 0.717) is 11.5 Å². The van der Waals surface area contributed by atoms with E-state index in [0.717, 1.165) is 33.1 Å². The van der Waals surface area contributed by atoms with Crippen LogP contribution < -0.4 is 5.32 Å². The van der Waals surface area contributed by atoms with E-state index in [1.165, 1.54) is 0 Å². The zero-order chi connectivity index (χ0) is 15.8. The molecule has 0 bridgehead atoms. The molecule has 1 amide bonds. The first kappa shape index (κ1) is 14.6. The lowest BCUT2D eigenvalue weighted by Gasteiger charge is -2.17. The normalized spacial score (nSPS) is 15.5. The van der Waals surface area contributed by atoms with Gasteiger partial charge in [-0.15, -0.1) is 0 Å². The van der Waals surface area contributed by atoms with Crippen molar-refractivity contribution < 1.29 is 4.79 Å². The average Bonchev–Trinajstić information content (AvgIpc) is 3.37. The molecule has 2 heterocycles. The average molecular weight is 418 g/mol. The summed E-state index contributed by atoms with van der Waals surface area (Å²) < 4.78 is 0.871. The van der Waals surface area contributed by atoms with Crippen molar-refractivity contribution in [1.82, 2.24) is 20.5 Å². The Bertz CT molecular complexity index is 857. The number of carbonyl (C=O) groups excluding carboxylic acids is 1. The second-order valence-corrected chi connectivity index (χ2v) is 6.84. The van der Waals surface area contributed by atoms with Crippen molar-refractivity contribution in [2.24, 2.45) is 5.92 Å². The number of benzene rings is 1. The van der Waals surface area contributed by atoms with E-state index in [1.54, 1.807) is 6.20 Å². The monoisotopic (exact) mass is 418 g/mol. The van der Waals surface area contributed by atoms with Crippen LogP contribution in [0.5, 0.6) is 0 Å². The van der Waals surface area contributed by atoms with Gasteiger partial charge in [0.05, 0.1) is 17.3 Å². The fourth-order valence-electron chi connectivity index (χ4n) is 2.77. The molecule has 2 N–H and O–H groups in total. The van der Waals surface area contributed by atoms with Crippen LogP contribution in [0.1, 0.15) is 34.9 Å². The maximum absolute atomic E-state index is 12.7. The van der Waals surface area contributed by atoms with E-state index >= 15 is 0 Å². The van der Waals surface area contributed by atoms with Gasteiger partial charge in [0.2, 0.25) is 0 Å². The van der Waals surface area contributed by atoms with Crippen molar-refractivity contribution in [2.45, 2.75) is 18.9 Å². The Hall–Kier alpha value is -1.96. The van der Waals surface area contributed by atoms with Crippen molar-refractivity contribution in [2.75, 3.05) is 0 Å². The predicted octanol–water partition coefficient (Wildman–Crippen LogP) is 3.44. The number of halogens is 1. The zero-order valence-electron chi connectivity index (χ0n) is 12.3. The summed E-state index contributed by atoms with van der Waals surface area (Å²) in [5.41, 5.74) is 2.52. The number of nitrogens with zero attached hydrogens (tertiary/aromatic N) is 2. The molecule has 1 aromatic carbocycles. The number of aromatic amines is 1. The number of H-pyrrole nitrogens is 1. The molecule has 0 unspecified atom stereocenters. The summed E-state index contributed by atoms with van der Waals surface area (Å²) in [6.07, 6.45) is 4.05. The molecule has 1 atom stereocenters. The third kappa shape index (κ3) is 2.95. The highest BCUT2D eigenvalue weighted by Crippen LogP contribution is 2.40. The summed E-state index contributed by atoms with van der Waals surface area (Å²) in [7, 11) is 0. The summed E-state index contributed by atoms with van der Waals surface area (Å²) in [4.78, 5) is 17.1. The van der Waals surface area contributed by atoms with Crippen LogP contribution >= 0.6 is 22.6 Å². The number of carbonyl (C=O) groups is 1. The first-order valence-electron chi connectivity index (χ1n) is 7.58. The number of pyridine rings is 1. The van der Waals surface area contributed by atoms with Crippen LogP contribution in [-0.4, -0.2) is 21.1 Å². The maximum Gasteiger partial charge on any atom is 0.251 e. The molecule has 5 nitrogen and oxygen atoms in total. The standard InChI is InChI=1S/C17H15IN4O/c18-16-12-9-11(6-7-13(12)21-22-16)17(23)20-15(10-4-5-10)14-3-1-2-8-19-14/h1-3,6-10,15H,4-5H2,(H,20,23)(H,21,22)/t15-/m0/s1. The highest BCUT2D eigenvalue weighted by atomic mass is 127. The van der Waals surface area contributed by atoms with Crippen molar-refractivity contribution in [3.63, 3.8) is 0 Å². The minimum Gasteiger partial charge on any atom is -0.343 e. The fraction of sp³-hybridized carbons (Fsp3) is 0.235. The molecule has 116 valence electrons. The zero-order valence-corrected chi connectivity index (χ0v) is 14.4. The van der Waals surface area contributed by atoms with E-state index < -0.39 is 0 Å². The van der Waals surface area contributed by atoms with Gasteiger partial charge in [0.15, 0.2) is 0 Å². The van der Waals surface area contributed by atoms with Crippen molar-refractivity contribution in [3.05, 3.63) is 57.6 Å². The topological polar surface area (TPSA) is 70.7 Å².